The van der Waals surface area contributed by atoms with Crippen molar-refractivity contribution in [2.24, 2.45) is 5.92 Å². The van der Waals surface area contributed by atoms with Crippen LogP contribution in [0.2, 0.25) is 5.02 Å². The van der Waals surface area contributed by atoms with Crippen molar-refractivity contribution in [3.63, 3.8) is 0 Å². The zero-order chi connectivity index (χ0) is 19.7. The Morgan fingerprint density at radius 1 is 1.00 bits per heavy atom. The molecule has 0 radical (unpaired) electrons. The second kappa shape index (κ2) is 8.16. The molecular formula is C22H27ClN2O3. The molecule has 5 nitrogen and oxygen atoms in total. The minimum atomic E-state index is -0.106. The average Bonchev–Trinajstić information content (AvgIpc) is 2.89. The molecule has 3 heterocycles. The summed E-state index contributed by atoms with van der Waals surface area (Å²) in [5.41, 5.74) is 1.39. The summed E-state index contributed by atoms with van der Waals surface area (Å²) in [5.74, 6) is 0.569. The van der Waals surface area contributed by atoms with E-state index in [1.54, 1.807) is 6.07 Å². The molecule has 4 rings (SSSR count). The molecule has 0 N–H and O–H groups in total. The van der Waals surface area contributed by atoms with Gasteiger partial charge in [-0.05, 0) is 38.7 Å². The predicted molar refractivity (Wildman–Crippen MR) is 110 cm³/mol. The van der Waals surface area contributed by atoms with E-state index in [1.807, 2.05) is 28.9 Å². The van der Waals surface area contributed by atoms with E-state index in [-0.39, 0.29) is 17.7 Å². The number of hydrogen-bond acceptors (Lipinski definition) is 3. The Labute approximate surface area is 170 Å². The molecule has 2 saturated heterocycles. The van der Waals surface area contributed by atoms with Gasteiger partial charge in [0.05, 0.1) is 5.02 Å². The zero-order valence-corrected chi connectivity index (χ0v) is 17.1. The largest absolute Gasteiger partial charge is 0.449 e. The highest BCUT2D eigenvalue weighted by molar-refractivity contribution is 6.35. The van der Waals surface area contributed by atoms with Gasteiger partial charge < -0.3 is 14.2 Å². The van der Waals surface area contributed by atoms with Crippen LogP contribution in [0.1, 0.15) is 54.6 Å². The molecule has 2 fully saturated rings. The molecule has 2 aliphatic rings. The summed E-state index contributed by atoms with van der Waals surface area (Å²) >= 11 is 6.21. The fourth-order valence-corrected chi connectivity index (χ4v) is 4.65. The number of halogens is 1. The zero-order valence-electron chi connectivity index (χ0n) is 16.4. The number of piperidine rings is 1. The lowest BCUT2D eigenvalue weighted by Gasteiger charge is -2.33. The van der Waals surface area contributed by atoms with Crippen LogP contribution >= 0.6 is 11.6 Å². The van der Waals surface area contributed by atoms with E-state index in [1.165, 1.54) is 12.8 Å². The van der Waals surface area contributed by atoms with Crippen LogP contribution in [0, 0.1) is 12.8 Å². The fourth-order valence-electron chi connectivity index (χ4n) is 4.44. The molecule has 0 aliphatic carbocycles. The van der Waals surface area contributed by atoms with Crippen LogP contribution in [-0.4, -0.2) is 47.8 Å². The minimum Gasteiger partial charge on any atom is -0.449 e. The number of benzene rings is 1. The quantitative estimate of drug-likeness (QED) is 0.734. The Morgan fingerprint density at radius 2 is 1.68 bits per heavy atom. The Hall–Kier alpha value is -2.01. The molecule has 0 bridgehead atoms. The van der Waals surface area contributed by atoms with Gasteiger partial charge in [-0.2, -0.15) is 0 Å². The predicted octanol–water partition coefficient (Wildman–Crippen LogP) is 4.65. The standard InChI is InChI=1S/C22H27ClN2O3/c1-15-17-7-6-8-18(23)20(17)28-19(15)22(27)25-13-9-16(10-14-25)21(26)24-11-4-2-3-5-12-24/h6-8,16H,2-5,9-14H2,1H3. The summed E-state index contributed by atoms with van der Waals surface area (Å²) < 4.78 is 5.83. The highest BCUT2D eigenvalue weighted by atomic mass is 35.5. The number of para-hydroxylation sites is 1. The van der Waals surface area contributed by atoms with Gasteiger partial charge in [0.25, 0.3) is 5.91 Å². The van der Waals surface area contributed by atoms with Crippen molar-refractivity contribution >= 4 is 34.4 Å². The number of amides is 2. The second-order valence-corrected chi connectivity index (χ2v) is 8.39. The van der Waals surface area contributed by atoms with Gasteiger partial charge in [-0.3, -0.25) is 9.59 Å². The number of carbonyl (C=O) groups excluding carboxylic acids is 2. The number of likely N-dealkylation sites (tertiary alicyclic amines) is 2. The third-order valence-corrected chi connectivity index (χ3v) is 6.46. The molecule has 2 aliphatic heterocycles. The number of carbonyl (C=O) groups is 2. The molecule has 6 heteroatoms. The molecular weight excluding hydrogens is 376 g/mol. The van der Waals surface area contributed by atoms with E-state index < -0.39 is 0 Å². The first-order valence-electron chi connectivity index (χ1n) is 10.3. The number of rotatable bonds is 2. The lowest BCUT2D eigenvalue weighted by Crippen LogP contribution is -2.44. The molecule has 1 aromatic carbocycles. The van der Waals surface area contributed by atoms with Gasteiger partial charge in [-0.25, -0.2) is 0 Å². The van der Waals surface area contributed by atoms with Gasteiger partial charge in [0.2, 0.25) is 5.91 Å². The van der Waals surface area contributed by atoms with Gasteiger partial charge in [-0.15, -0.1) is 0 Å². The van der Waals surface area contributed by atoms with Crippen LogP contribution in [-0.2, 0) is 4.79 Å². The van der Waals surface area contributed by atoms with Crippen molar-refractivity contribution in [1.29, 1.82) is 0 Å². The van der Waals surface area contributed by atoms with E-state index >= 15 is 0 Å². The molecule has 0 unspecified atom stereocenters. The number of aryl methyl sites for hydroxylation is 1. The van der Waals surface area contributed by atoms with Gasteiger partial charge in [0.1, 0.15) is 0 Å². The van der Waals surface area contributed by atoms with Crippen LogP contribution < -0.4 is 0 Å². The molecule has 0 atom stereocenters. The maximum Gasteiger partial charge on any atom is 0.289 e. The lowest BCUT2D eigenvalue weighted by atomic mass is 9.94. The van der Waals surface area contributed by atoms with Gasteiger partial charge in [-0.1, -0.05) is 36.6 Å². The molecule has 28 heavy (non-hydrogen) atoms. The molecule has 2 amide bonds. The lowest BCUT2D eigenvalue weighted by molar-refractivity contribution is -0.136. The van der Waals surface area contributed by atoms with Crippen molar-refractivity contribution in [3.05, 3.63) is 34.5 Å². The summed E-state index contributed by atoms with van der Waals surface area (Å²) in [6, 6.07) is 5.55. The molecule has 1 aromatic heterocycles. The number of furan rings is 1. The number of hydrogen-bond donors (Lipinski definition) is 0. The molecule has 150 valence electrons. The SMILES string of the molecule is Cc1c(C(=O)N2CCC(C(=O)N3CCCCCC3)CC2)oc2c(Cl)cccc12. The van der Waals surface area contributed by atoms with Crippen LogP contribution in [0.5, 0.6) is 0 Å². The van der Waals surface area contributed by atoms with Crippen molar-refractivity contribution in [2.75, 3.05) is 26.2 Å². The summed E-state index contributed by atoms with van der Waals surface area (Å²) in [5, 5.41) is 1.39. The Kier molecular flexibility index (Phi) is 5.63. The van der Waals surface area contributed by atoms with E-state index in [9.17, 15) is 9.59 Å². The second-order valence-electron chi connectivity index (χ2n) is 7.98. The van der Waals surface area contributed by atoms with E-state index in [2.05, 4.69) is 0 Å². The highest BCUT2D eigenvalue weighted by Crippen LogP contribution is 2.32. The number of fused-ring (bicyclic) bond motifs is 1. The first-order chi connectivity index (χ1) is 13.6. The molecule has 0 spiro atoms. The van der Waals surface area contributed by atoms with Crippen molar-refractivity contribution in [1.82, 2.24) is 9.80 Å². The summed E-state index contributed by atoms with van der Waals surface area (Å²) in [4.78, 5) is 29.7. The van der Waals surface area contributed by atoms with Crippen molar-refractivity contribution < 1.29 is 14.0 Å². The van der Waals surface area contributed by atoms with Crippen molar-refractivity contribution in [3.8, 4) is 0 Å². The Morgan fingerprint density at radius 3 is 2.32 bits per heavy atom. The fraction of sp³-hybridized carbons (Fsp3) is 0.545. The average molecular weight is 403 g/mol. The monoisotopic (exact) mass is 402 g/mol. The van der Waals surface area contributed by atoms with Gasteiger partial charge in [0, 0.05) is 43.0 Å². The van der Waals surface area contributed by atoms with Gasteiger partial charge >= 0.3 is 0 Å². The van der Waals surface area contributed by atoms with Gasteiger partial charge in [0.15, 0.2) is 11.3 Å². The highest BCUT2D eigenvalue weighted by Gasteiger charge is 2.32. The topological polar surface area (TPSA) is 53.8 Å². The van der Waals surface area contributed by atoms with Crippen LogP contribution in [0.3, 0.4) is 0 Å². The Balaban J connectivity index is 1.42. The molecule has 0 saturated carbocycles. The summed E-state index contributed by atoms with van der Waals surface area (Å²) in [6.07, 6.45) is 6.10. The van der Waals surface area contributed by atoms with Crippen LogP contribution in [0.15, 0.2) is 22.6 Å². The van der Waals surface area contributed by atoms with Crippen LogP contribution in [0.4, 0.5) is 0 Å². The van der Waals surface area contributed by atoms with E-state index in [4.69, 9.17) is 16.0 Å². The van der Waals surface area contributed by atoms with E-state index in [0.717, 1.165) is 49.7 Å². The number of nitrogens with zero attached hydrogens (tertiary/aromatic N) is 2. The first-order valence-corrected chi connectivity index (χ1v) is 10.7. The van der Waals surface area contributed by atoms with E-state index in [0.29, 0.717) is 29.5 Å². The first kappa shape index (κ1) is 19.3. The minimum absolute atomic E-state index is 0.0355. The normalized spacial score (nSPS) is 19.1. The summed E-state index contributed by atoms with van der Waals surface area (Å²) in [7, 11) is 0. The smallest absolute Gasteiger partial charge is 0.289 e. The third-order valence-electron chi connectivity index (χ3n) is 6.16. The third kappa shape index (κ3) is 3.64. The maximum absolute atomic E-state index is 13.0. The van der Waals surface area contributed by atoms with Crippen molar-refractivity contribution in [2.45, 2.75) is 45.4 Å². The van der Waals surface area contributed by atoms with Crippen LogP contribution in [0.25, 0.3) is 11.0 Å². The summed E-state index contributed by atoms with van der Waals surface area (Å²) in [6.45, 7) is 4.85. The Bertz CT molecular complexity index is 875. The molecule has 2 aromatic rings. The maximum atomic E-state index is 13.0.